The lowest BCUT2D eigenvalue weighted by molar-refractivity contribution is -0.117. The zero-order valence-corrected chi connectivity index (χ0v) is 18.2. The molecular formula is C23H24ClFN4O2. The highest BCUT2D eigenvalue weighted by molar-refractivity contribution is 6.34. The largest absolute Gasteiger partial charge is 0.339 e. The van der Waals surface area contributed by atoms with Gasteiger partial charge in [0.15, 0.2) is 0 Å². The Bertz CT molecular complexity index is 1080. The van der Waals surface area contributed by atoms with E-state index in [9.17, 15) is 9.18 Å². The molecule has 1 atom stereocenters. The minimum absolute atomic E-state index is 0.0288. The van der Waals surface area contributed by atoms with Gasteiger partial charge >= 0.3 is 0 Å². The van der Waals surface area contributed by atoms with E-state index in [-0.39, 0.29) is 24.2 Å². The van der Waals surface area contributed by atoms with Crippen LogP contribution in [0, 0.1) is 19.7 Å². The van der Waals surface area contributed by atoms with Gasteiger partial charge in [0.2, 0.25) is 17.6 Å². The fourth-order valence-electron chi connectivity index (χ4n) is 4.00. The molecular weight excluding hydrogens is 419 g/mol. The Hall–Kier alpha value is -2.77. The van der Waals surface area contributed by atoms with Gasteiger partial charge in [-0.2, -0.15) is 4.98 Å². The van der Waals surface area contributed by atoms with E-state index in [4.69, 9.17) is 16.1 Å². The third-order valence-corrected chi connectivity index (χ3v) is 5.74. The maximum absolute atomic E-state index is 13.5. The van der Waals surface area contributed by atoms with Crippen LogP contribution in [0.1, 0.15) is 35.8 Å². The van der Waals surface area contributed by atoms with Crippen molar-refractivity contribution in [1.82, 2.24) is 15.0 Å². The number of amides is 1. The molecule has 6 nitrogen and oxygen atoms in total. The van der Waals surface area contributed by atoms with E-state index in [2.05, 4.69) is 20.4 Å². The average Bonchev–Trinajstić information content (AvgIpc) is 3.21. The van der Waals surface area contributed by atoms with E-state index < -0.39 is 0 Å². The maximum atomic E-state index is 13.5. The molecule has 2 heterocycles. The second kappa shape index (κ2) is 9.16. The quantitative estimate of drug-likeness (QED) is 0.604. The zero-order chi connectivity index (χ0) is 22.0. The van der Waals surface area contributed by atoms with Gasteiger partial charge in [0, 0.05) is 12.1 Å². The van der Waals surface area contributed by atoms with Gasteiger partial charge in [-0.3, -0.25) is 9.69 Å². The SMILES string of the molecule is Cc1cc(C)c(NC(=O)CN2CCCC(c3nc(-c4cccc(F)c4)no3)C2)c(Cl)c1. The van der Waals surface area contributed by atoms with Crippen molar-refractivity contribution in [3.8, 4) is 11.4 Å². The van der Waals surface area contributed by atoms with Crippen LogP contribution >= 0.6 is 11.6 Å². The normalized spacial score (nSPS) is 17.0. The summed E-state index contributed by atoms with van der Waals surface area (Å²) in [6.45, 7) is 5.60. The van der Waals surface area contributed by atoms with Gasteiger partial charge in [-0.15, -0.1) is 0 Å². The lowest BCUT2D eigenvalue weighted by Gasteiger charge is -2.30. The van der Waals surface area contributed by atoms with Crippen LogP contribution in [0.15, 0.2) is 40.9 Å². The van der Waals surface area contributed by atoms with Crippen LogP contribution in [0.4, 0.5) is 10.1 Å². The number of carbonyl (C=O) groups is 1. The standard InChI is InChI=1S/C23H24ClFN4O2/c1-14-9-15(2)21(19(24)10-14)26-20(30)13-29-8-4-6-17(12-29)23-27-22(28-31-23)16-5-3-7-18(25)11-16/h3,5,7,9-11,17H,4,6,8,12-13H2,1-2H3,(H,26,30). The van der Waals surface area contributed by atoms with Crippen molar-refractivity contribution in [3.05, 3.63) is 64.3 Å². The first-order valence-corrected chi connectivity index (χ1v) is 10.7. The molecule has 1 unspecified atom stereocenters. The topological polar surface area (TPSA) is 71.3 Å². The van der Waals surface area contributed by atoms with Crippen LogP contribution in [-0.2, 0) is 4.79 Å². The minimum atomic E-state index is -0.345. The van der Waals surface area contributed by atoms with Crippen molar-refractivity contribution in [2.45, 2.75) is 32.6 Å². The van der Waals surface area contributed by atoms with Crippen LogP contribution < -0.4 is 5.32 Å². The van der Waals surface area contributed by atoms with Gasteiger partial charge in [0.25, 0.3) is 0 Å². The molecule has 1 aliphatic heterocycles. The van der Waals surface area contributed by atoms with Crippen LogP contribution in [0.25, 0.3) is 11.4 Å². The van der Waals surface area contributed by atoms with Gasteiger partial charge in [-0.25, -0.2) is 4.39 Å². The monoisotopic (exact) mass is 442 g/mol. The Labute approximate surface area is 185 Å². The Kier molecular flexibility index (Phi) is 6.34. The maximum Gasteiger partial charge on any atom is 0.238 e. The number of hydrogen-bond donors (Lipinski definition) is 1. The molecule has 1 aliphatic rings. The molecule has 1 fully saturated rings. The summed E-state index contributed by atoms with van der Waals surface area (Å²) in [7, 11) is 0. The molecule has 0 saturated carbocycles. The van der Waals surface area contributed by atoms with Crippen molar-refractivity contribution in [2.75, 3.05) is 25.0 Å². The Balaban J connectivity index is 1.39. The third kappa shape index (κ3) is 5.11. The van der Waals surface area contributed by atoms with Gasteiger partial charge in [-0.05, 0) is 62.6 Å². The van der Waals surface area contributed by atoms with Crippen molar-refractivity contribution >= 4 is 23.2 Å². The number of piperidine rings is 1. The highest BCUT2D eigenvalue weighted by atomic mass is 35.5. The molecule has 4 rings (SSSR count). The number of anilines is 1. The smallest absolute Gasteiger partial charge is 0.238 e. The fourth-order valence-corrected chi connectivity index (χ4v) is 4.37. The number of aryl methyl sites for hydroxylation is 2. The molecule has 31 heavy (non-hydrogen) atoms. The van der Waals surface area contributed by atoms with Gasteiger partial charge in [-0.1, -0.05) is 35.0 Å². The fraction of sp³-hybridized carbons (Fsp3) is 0.348. The van der Waals surface area contributed by atoms with Crippen molar-refractivity contribution in [2.24, 2.45) is 0 Å². The molecule has 1 amide bonds. The second-order valence-electron chi connectivity index (χ2n) is 8.03. The summed E-state index contributed by atoms with van der Waals surface area (Å²) in [6, 6.07) is 9.94. The number of benzene rings is 2. The van der Waals surface area contributed by atoms with Gasteiger partial charge in [0.05, 0.1) is 23.2 Å². The number of hydrogen-bond acceptors (Lipinski definition) is 5. The molecule has 0 bridgehead atoms. The van der Waals surface area contributed by atoms with Gasteiger partial charge in [0.1, 0.15) is 5.82 Å². The van der Waals surface area contributed by atoms with E-state index in [1.807, 2.05) is 26.0 Å². The predicted molar refractivity (Wildman–Crippen MR) is 118 cm³/mol. The summed E-state index contributed by atoms with van der Waals surface area (Å²) in [5.74, 6) is 0.458. The Morgan fingerprint density at radius 2 is 2.16 bits per heavy atom. The van der Waals surface area contributed by atoms with E-state index in [1.54, 1.807) is 12.1 Å². The predicted octanol–water partition coefficient (Wildman–Crippen LogP) is 4.96. The second-order valence-corrected chi connectivity index (χ2v) is 8.43. The average molecular weight is 443 g/mol. The molecule has 0 spiro atoms. The van der Waals surface area contributed by atoms with Crippen LogP contribution in [0.3, 0.4) is 0 Å². The summed E-state index contributed by atoms with van der Waals surface area (Å²) in [4.78, 5) is 19.2. The molecule has 0 radical (unpaired) electrons. The minimum Gasteiger partial charge on any atom is -0.339 e. The van der Waals surface area contributed by atoms with E-state index in [0.29, 0.717) is 34.5 Å². The number of carbonyl (C=O) groups excluding carboxylic acids is 1. The summed E-state index contributed by atoms with van der Waals surface area (Å²) >= 11 is 6.31. The first-order valence-electron chi connectivity index (χ1n) is 10.3. The summed E-state index contributed by atoms with van der Waals surface area (Å²) < 4.78 is 18.9. The molecule has 1 aromatic heterocycles. The van der Waals surface area contributed by atoms with Gasteiger partial charge < -0.3 is 9.84 Å². The molecule has 1 saturated heterocycles. The summed E-state index contributed by atoms with van der Waals surface area (Å²) in [6.07, 6.45) is 1.81. The molecule has 1 N–H and O–H groups in total. The number of likely N-dealkylation sites (tertiary alicyclic amines) is 1. The molecule has 2 aromatic carbocycles. The van der Waals surface area contributed by atoms with Crippen LogP contribution in [0.2, 0.25) is 5.02 Å². The summed E-state index contributed by atoms with van der Waals surface area (Å²) in [5.41, 5.74) is 3.22. The van der Waals surface area contributed by atoms with E-state index >= 15 is 0 Å². The third-order valence-electron chi connectivity index (χ3n) is 5.44. The number of rotatable bonds is 5. The number of halogens is 2. The molecule has 162 valence electrons. The molecule has 0 aliphatic carbocycles. The van der Waals surface area contributed by atoms with E-state index in [1.165, 1.54) is 12.1 Å². The van der Waals surface area contributed by atoms with Crippen molar-refractivity contribution < 1.29 is 13.7 Å². The van der Waals surface area contributed by atoms with Crippen molar-refractivity contribution in [1.29, 1.82) is 0 Å². The Morgan fingerprint density at radius 3 is 2.94 bits per heavy atom. The number of nitrogens with one attached hydrogen (secondary N) is 1. The lowest BCUT2D eigenvalue weighted by atomic mass is 9.98. The highest BCUT2D eigenvalue weighted by Gasteiger charge is 2.27. The molecule has 8 heteroatoms. The first-order chi connectivity index (χ1) is 14.9. The molecule has 3 aromatic rings. The highest BCUT2D eigenvalue weighted by Crippen LogP contribution is 2.29. The summed E-state index contributed by atoms with van der Waals surface area (Å²) in [5, 5.41) is 7.48. The van der Waals surface area contributed by atoms with Crippen LogP contribution in [0.5, 0.6) is 0 Å². The zero-order valence-electron chi connectivity index (χ0n) is 17.5. The first kappa shape index (κ1) is 21.5. The van der Waals surface area contributed by atoms with Crippen LogP contribution in [-0.4, -0.2) is 40.6 Å². The lowest BCUT2D eigenvalue weighted by Crippen LogP contribution is -2.40. The Morgan fingerprint density at radius 1 is 1.32 bits per heavy atom. The number of aromatic nitrogens is 2. The van der Waals surface area contributed by atoms with Crippen molar-refractivity contribution in [3.63, 3.8) is 0 Å². The number of nitrogens with zero attached hydrogens (tertiary/aromatic N) is 3. The van der Waals surface area contributed by atoms with E-state index in [0.717, 1.165) is 30.5 Å².